The Morgan fingerprint density at radius 3 is 2.69 bits per heavy atom. The maximum atomic E-state index is 5.50. The lowest BCUT2D eigenvalue weighted by atomic mass is 9.84. The first-order valence-electron chi connectivity index (χ1n) is 4.33. The van der Waals surface area contributed by atoms with Crippen LogP contribution in [-0.4, -0.2) is 17.1 Å². The SMILES string of the molecule is C#CC(OCC=C)C(C)(C)CCI. The van der Waals surface area contributed by atoms with E-state index >= 15 is 0 Å². The molecular formula is C11H17IO. The van der Waals surface area contributed by atoms with Gasteiger partial charge in [0.05, 0.1) is 6.61 Å². The van der Waals surface area contributed by atoms with Gasteiger partial charge in [-0.15, -0.1) is 13.0 Å². The second-order valence-corrected chi connectivity index (χ2v) is 4.68. The van der Waals surface area contributed by atoms with Crippen LogP contribution in [0.4, 0.5) is 0 Å². The van der Waals surface area contributed by atoms with Crippen LogP contribution in [0.3, 0.4) is 0 Å². The summed E-state index contributed by atoms with van der Waals surface area (Å²) < 4.78 is 6.60. The van der Waals surface area contributed by atoms with Gasteiger partial charge in [-0.1, -0.05) is 48.4 Å². The van der Waals surface area contributed by atoms with Gasteiger partial charge in [-0.25, -0.2) is 0 Å². The minimum absolute atomic E-state index is 0.0545. The number of hydrogen-bond donors (Lipinski definition) is 0. The molecule has 0 saturated carbocycles. The van der Waals surface area contributed by atoms with Crippen LogP contribution < -0.4 is 0 Å². The van der Waals surface area contributed by atoms with Gasteiger partial charge < -0.3 is 4.74 Å². The van der Waals surface area contributed by atoms with Gasteiger partial charge in [0.2, 0.25) is 0 Å². The molecule has 0 aliphatic heterocycles. The van der Waals surface area contributed by atoms with Crippen molar-refractivity contribution >= 4 is 22.6 Å². The highest BCUT2D eigenvalue weighted by Gasteiger charge is 2.27. The van der Waals surface area contributed by atoms with Gasteiger partial charge in [-0.2, -0.15) is 0 Å². The lowest BCUT2D eigenvalue weighted by Gasteiger charge is -2.29. The van der Waals surface area contributed by atoms with Gasteiger partial charge in [0.1, 0.15) is 6.10 Å². The van der Waals surface area contributed by atoms with Crippen LogP contribution in [0, 0.1) is 17.8 Å². The molecule has 0 spiro atoms. The van der Waals surface area contributed by atoms with Crippen molar-refractivity contribution in [3.8, 4) is 12.3 Å². The molecular weight excluding hydrogens is 275 g/mol. The van der Waals surface area contributed by atoms with Crippen LogP contribution in [-0.2, 0) is 4.74 Å². The number of rotatable bonds is 6. The molecule has 1 nitrogen and oxygen atoms in total. The summed E-state index contributed by atoms with van der Waals surface area (Å²) in [5, 5.41) is 0. The third kappa shape index (κ3) is 4.68. The molecule has 0 aliphatic rings. The smallest absolute Gasteiger partial charge is 0.123 e. The van der Waals surface area contributed by atoms with E-state index < -0.39 is 0 Å². The van der Waals surface area contributed by atoms with Gasteiger partial charge >= 0.3 is 0 Å². The third-order valence-corrected chi connectivity index (χ3v) is 2.52. The van der Waals surface area contributed by atoms with Crippen molar-refractivity contribution in [3.05, 3.63) is 12.7 Å². The molecule has 1 unspecified atom stereocenters. The zero-order chi connectivity index (χ0) is 10.3. The lowest BCUT2D eigenvalue weighted by Crippen LogP contribution is -2.31. The molecule has 2 heteroatoms. The molecule has 0 aliphatic carbocycles. The van der Waals surface area contributed by atoms with Crippen LogP contribution in [0.1, 0.15) is 20.3 Å². The van der Waals surface area contributed by atoms with E-state index in [0.29, 0.717) is 6.61 Å². The third-order valence-electron chi connectivity index (χ3n) is 1.98. The van der Waals surface area contributed by atoms with Crippen molar-refractivity contribution in [1.82, 2.24) is 0 Å². The predicted octanol–water partition coefficient (Wildman–Crippen LogP) is 3.04. The van der Waals surface area contributed by atoms with Crippen molar-refractivity contribution in [2.75, 3.05) is 11.0 Å². The van der Waals surface area contributed by atoms with Gasteiger partial charge in [0.15, 0.2) is 0 Å². The van der Waals surface area contributed by atoms with E-state index in [0.717, 1.165) is 10.8 Å². The fourth-order valence-electron chi connectivity index (χ4n) is 1.04. The highest BCUT2D eigenvalue weighted by atomic mass is 127. The second-order valence-electron chi connectivity index (χ2n) is 3.60. The summed E-state index contributed by atoms with van der Waals surface area (Å²) in [5.41, 5.74) is 0.0545. The molecule has 0 radical (unpaired) electrons. The summed E-state index contributed by atoms with van der Waals surface area (Å²) in [6.07, 6.45) is 8.10. The molecule has 0 amide bonds. The second kappa shape index (κ2) is 6.44. The topological polar surface area (TPSA) is 9.23 Å². The molecule has 0 aromatic rings. The zero-order valence-electron chi connectivity index (χ0n) is 8.35. The molecule has 13 heavy (non-hydrogen) atoms. The Labute approximate surface area is 95.1 Å². The molecule has 0 heterocycles. The number of hydrogen-bond acceptors (Lipinski definition) is 1. The number of alkyl halides is 1. The lowest BCUT2D eigenvalue weighted by molar-refractivity contribution is 0.0278. The fourth-order valence-corrected chi connectivity index (χ4v) is 2.43. The van der Waals surface area contributed by atoms with E-state index in [9.17, 15) is 0 Å². The molecule has 0 bridgehead atoms. The standard InChI is InChI=1S/C11H17IO/c1-5-9-13-10(6-2)11(3,4)7-8-12/h2,5,10H,1,7-9H2,3-4H3. The summed E-state index contributed by atoms with van der Waals surface area (Å²) >= 11 is 2.36. The first-order chi connectivity index (χ1) is 6.08. The first kappa shape index (κ1) is 13.0. The van der Waals surface area contributed by atoms with Gasteiger partial charge in [0.25, 0.3) is 0 Å². The molecule has 0 N–H and O–H groups in total. The Bertz CT molecular complexity index is 191. The van der Waals surface area contributed by atoms with E-state index in [2.05, 4.69) is 48.9 Å². The Morgan fingerprint density at radius 2 is 2.31 bits per heavy atom. The molecule has 74 valence electrons. The minimum Gasteiger partial charge on any atom is -0.361 e. The van der Waals surface area contributed by atoms with E-state index in [1.807, 2.05) is 0 Å². The number of ether oxygens (including phenoxy) is 1. The number of halogens is 1. The first-order valence-corrected chi connectivity index (χ1v) is 5.85. The molecule has 0 saturated heterocycles. The van der Waals surface area contributed by atoms with Crippen molar-refractivity contribution in [2.24, 2.45) is 5.41 Å². The van der Waals surface area contributed by atoms with Crippen LogP contribution in [0.15, 0.2) is 12.7 Å². The molecule has 0 fully saturated rings. The number of terminal acetylenes is 1. The van der Waals surface area contributed by atoms with E-state index in [1.54, 1.807) is 6.08 Å². The normalized spacial score (nSPS) is 13.4. The van der Waals surface area contributed by atoms with Gasteiger partial charge in [-0.3, -0.25) is 0 Å². The van der Waals surface area contributed by atoms with Crippen molar-refractivity contribution < 1.29 is 4.74 Å². The van der Waals surface area contributed by atoms with Crippen LogP contribution >= 0.6 is 22.6 Å². The summed E-state index contributed by atoms with van der Waals surface area (Å²) in [5.74, 6) is 2.69. The average Bonchev–Trinajstić information content (AvgIpc) is 2.05. The molecule has 0 aromatic heterocycles. The van der Waals surface area contributed by atoms with Crippen molar-refractivity contribution in [2.45, 2.75) is 26.4 Å². The summed E-state index contributed by atoms with van der Waals surface area (Å²) in [4.78, 5) is 0. The Hall–Kier alpha value is -0.0100. The quantitative estimate of drug-likeness (QED) is 0.316. The predicted molar refractivity (Wildman–Crippen MR) is 66.1 cm³/mol. The van der Waals surface area contributed by atoms with E-state index in [4.69, 9.17) is 11.2 Å². The Balaban J connectivity index is 4.20. The van der Waals surface area contributed by atoms with Crippen LogP contribution in [0.2, 0.25) is 0 Å². The zero-order valence-corrected chi connectivity index (χ0v) is 10.5. The van der Waals surface area contributed by atoms with Crippen LogP contribution in [0.25, 0.3) is 0 Å². The highest BCUT2D eigenvalue weighted by molar-refractivity contribution is 14.1. The largest absolute Gasteiger partial charge is 0.361 e. The Kier molecular flexibility index (Phi) is 6.44. The van der Waals surface area contributed by atoms with Gasteiger partial charge in [-0.05, 0) is 6.42 Å². The van der Waals surface area contributed by atoms with Crippen molar-refractivity contribution in [1.29, 1.82) is 0 Å². The summed E-state index contributed by atoms with van der Waals surface area (Å²) in [7, 11) is 0. The Morgan fingerprint density at radius 1 is 1.69 bits per heavy atom. The average molecular weight is 292 g/mol. The van der Waals surface area contributed by atoms with Crippen molar-refractivity contribution in [3.63, 3.8) is 0 Å². The molecule has 0 aromatic carbocycles. The maximum Gasteiger partial charge on any atom is 0.123 e. The molecule has 1 atom stereocenters. The minimum atomic E-state index is -0.111. The summed E-state index contributed by atoms with van der Waals surface area (Å²) in [6, 6.07) is 0. The van der Waals surface area contributed by atoms with Gasteiger partial charge in [0, 0.05) is 9.84 Å². The fraction of sp³-hybridized carbons (Fsp3) is 0.636. The maximum absolute atomic E-state index is 5.50. The monoisotopic (exact) mass is 292 g/mol. The van der Waals surface area contributed by atoms with E-state index in [-0.39, 0.29) is 11.5 Å². The molecule has 0 rings (SSSR count). The van der Waals surface area contributed by atoms with Crippen LogP contribution in [0.5, 0.6) is 0 Å². The summed E-state index contributed by atoms with van der Waals surface area (Å²) in [6.45, 7) is 8.40. The van der Waals surface area contributed by atoms with E-state index in [1.165, 1.54) is 0 Å². The highest BCUT2D eigenvalue weighted by Crippen LogP contribution is 2.28.